The summed E-state index contributed by atoms with van der Waals surface area (Å²) in [5, 5.41) is 8.40. The fraction of sp³-hybridized carbons (Fsp3) is 0.609. The second kappa shape index (κ2) is 13.0. The van der Waals surface area contributed by atoms with Crippen LogP contribution in [0.15, 0.2) is 24.3 Å². The van der Waals surface area contributed by atoms with E-state index in [0.717, 1.165) is 29.1 Å². The van der Waals surface area contributed by atoms with Gasteiger partial charge in [-0.05, 0) is 30.4 Å². The zero-order valence-corrected chi connectivity index (χ0v) is 19.2. The number of para-hydroxylation sites is 1. The molecule has 0 radical (unpaired) electrons. The number of nitrogens with zero attached hydrogens (tertiary/aromatic N) is 1. The molecule has 3 atom stereocenters. The molecule has 0 fully saturated rings. The van der Waals surface area contributed by atoms with E-state index in [1.54, 1.807) is 0 Å². The Morgan fingerprint density at radius 3 is 2.66 bits per heavy atom. The van der Waals surface area contributed by atoms with Gasteiger partial charge in [-0.1, -0.05) is 38.5 Å². The van der Waals surface area contributed by atoms with Crippen molar-refractivity contribution in [1.82, 2.24) is 20.9 Å². The number of nitrogens with one attached hydrogen (secondary N) is 3. The Labute approximate surface area is 189 Å². The van der Waals surface area contributed by atoms with Gasteiger partial charge >= 0.3 is 0 Å². The average molecular weight is 451 g/mol. The normalized spacial score (nSPS) is 23.1. The molecule has 3 amide bonds. The van der Waals surface area contributed by atoms with E-state index in [-0.39, 0.29) is 24.3 Å². The van der Waals surface area contributed by atoms with Crippen LogP contribution in [0.25, 0.3) is 0 Å². The number of carbonyl (C=O) groups excluding carboxylic acids is 3. The molecule has 0 saturated heterocycles. The van der Waals surface area contributed by atoms with Gasteiger partial charge < -0.3 is 25.6 Å². The van der Waals surface area contributed by atoms with Crippen molar-refractivity contribution < 1.29 is 23.5 Å². The van der Waals surface area contributed by atoms with E-state index in [1.807, 2.05) is 38.1 Å². The third-order valence-corrected chi connectivity index (χ3v) is 5.81. The Kier molecular flexibility index (Phi) is 10.4. The smallest absolute Gasteiger partial charge is 0.245 e. The van der Waals surface area contributed by atoms with Gasteiger partial charge in [0.05, 0.1) is 12.6 Å². The van der Waals surface area contributed by atoms with Crippen molar-refractivity contribution in [1.29, 1.82) is 0 Å². The third kappa shape index (κ3) is 7.19. The Morgan fingerprint density at radius 2 is 1.94 bits per heavy atom. The van der Waals surface area contributed by atoms with Crippen LogP contribution >= 0.6 is 0 Å². The van der Waals surface area contributed by atoms with Gasteiger partial charge in [-0.3, -0.25) is 14.4 Å². The maximum atomic E-state index is 13.7. The SMILES string of the molecule is CCC(C)C1NCCOc2ccccc2CCCNC(=O)CNC(=O)C(CF)N(C)C1=O. The van der Waals surface area contributed by atoms with Crippen LogP contribution in [0, 0.1) is 5.92 Å². The van der Waals surface area contributed by atoms with Crippen LogP contribution in [0.3, 0.4) is 0 Å². The van der Waals surface area contributed by atoms with Crippen molar-refractivity contribution in [3.8, 4) is 5.75 Å². The summed E-state index contributed by atoms with van der Waals surface area (Å²) in [7, 11) is 1.41. The lowest BCUT2D eigenvalue weighted by Crippen LogP contribution is -2.57. The summed E-state index contributed by atoms with van der Waals surface area (Å²) < 4.78 is 19.6. The van der Waals surface area contributed by atoms with Gasteiger partial charge in [0, 0.05) is 20.1 Å². The molecule has 1 aliphatic heterocycles. The summed E-state index contributed by atoms with van der Waals surface area (Å²) >= 11 is 0. The summed E-state index contributed by atoms with van der Waals surface area (Å²) in [4.78, 5) is 38.7. The lowest BCUT2D eigenvalue weighted by atomic mass is 9.97. The summed E-state index contributed by atoms with van der Waals surface area (Å²) in [5.41, 5.74) is 1.04. The number of likely N-dealkylation sites (N-methyl/N-ethyl adjacent to an activating group) is 1. The Hall–Kier alpha value is -2.68. The minimum Gasteiger partial charge on any atom is -0.492 e. The molecule has 178 valence electrons. The van der Waals surface area contributed by atoms with E-state index in [1.165, 1.54) is 7.05 Å². The molecule has 1 aromatic carbocycles. The molecule has 32 heavy (non-hydrogen) atoms. The van der Waals surface area contributed by atoms with Crippen LogP contribution < -0.4 is 20.7 Å². The molecule has 1 aliphatic rings. The Morgan fingerprint density at radius 1 is 1.19 bits per heavy atom. The van der Waals surface area contributed by atoms with Gasteiger partial charge in [-0.25, -0.2) is 4.39 Å². The van der Waals surface area contributed by atoms with Crippen LogP contribution in [-0.2, 0) is 20.8 Å². The molecule has 0 aliphatic carbocycles. The Bertz CT molecular complexity index is 776. The van der Waals surface area contributed by atoms with E-state index in [0.29, 0.717) is 26.1 Å². The Balaban J connectivity index is 2.20. The number of aryl methyl sites for hydroxylation is 1. The molecular formula is C23H35FN4O4. The third-order valence-electron chi connectivity index (χ3n) is 5.81. The van der Waals surface area contributed by atoms with Crippen molar-refractivity contribution in [3.05, 3.63) is 29.8 Å². The van der Waals surface area contributed by atoms with Gasteiger partial charge in [0.25, 0.3) is 0 Å². The van der Waals surface area contributed by atoms with E-state index in [4.69, 9.17) is 4.74 Å². The number of carbonyl (C=O) groups is 3. The number of hydrogen-bond acceptors (Lipinski definition) is 5. The number of fused-ring (bicyclic) bond motifs is 1. The van der Waals surface area contributed by atoms with Gasteiger partial charge in [0.1, 0.15) is 25.1 Å². The number of halogens is 1. The summed E-state index contributed by atoms with van der Waals surface area (Å²) in [6.45, 7) is 3.80. The van der Waals surface area contributed by atoms with E-state index >= 15 is 0 Å². The monoisotopic (exact) mass is 450 g/mol. The molecule has 8 nitrogen and oxygen atoms in total. The largest absolute Gasteiger partial charge is 0.492 e. The maximum absolute atomic E-state index is 13.7. The molecule has 3 N–H and O–H groups in total. The first-order valence-corrected chi connectivity index (χ1v) is 11.2. The van der Waals surface area contributed by atoms with Crippen LogP contribution in [0.2, 0.25) is 0 Å². The molecular weight excluding hydrogens is 415 g/mol. The van der Waals surface area contributed by atoms with Crippen molar-refractivity contribution >= 4 is 17.7 Å². The first kappa shape index (κ1) is 25.6. The van der Waals surface area contributed by atoms with Crippen molar-refractivity contribution in [2.75, 3.05) is 40.0 Å². The van der Waals surface area contributed by atoms with Crippen molar-refractivity contribution in [2.45, 2.75) is 45.2 Å². The van der Waals surface area contributed by atoms with Crippen LogP contribution in [0.4, 0.5) is 4.39 Å². The highest BCUT2D eigenvalue weighted by Crippen LogP contribution is 2.19. The second-order valence-electron chi connectivity index (χ2n) is 8.06. The minimum atomic E-state index is -1.30. The quantitative estimate of drug-likeness (QED) is 0.639. The second-order valence-corrected chi connectivity index (χ2v) is 8.06. The summed E-state index contributed by atoms with van der Waals surface area (Å²) in [5.74, 6) is -0.690. The van der Waals surface area contributed by atoms with Gasteiger partial charge in [-0.15, -0.1) is 0 Å². The van der Waals surface area contributed by atoms with Gasteiger partial charge in [0.2, 0.25) is 17.7 Å². The standard InChI is InChI=1S/C23H35FN4O4/c1-4-16(2)21-23(31)28(3)18(14-24)22(30)27-15-20(29)25-11-7-9-17-8-5-6-10-19(17)32-13-12-26-21/h5-6,8,10,16,18,21,26H,4,7,9,11-15H2,1-3H3,(H,25,29)(H,27,30). The predicted octanol–water partition coefficient (Wildman–Crippen LogP) is 1.04. The van der Waals surface area contributed by atoms with Crippen LogP contribution in [0.5, 0.6) is 5.75 Å². The fourth-order valence-electron chi connectivity index (χ4n) is 3.57. The molecule has 9 heteroatoms. The zero-order valence-electron chi connectivity index (χ0n) is 19.2. The molecule has 3 unspecified atom stereocenters. The number of ether oxygens (including phenoxy) is 1. The van der Waals surface area contributed by atoms with Crippen LogP contribution in [0.1, 0.15) is 32.3 Å². The zero-order chi connectivity index (χ0) is 23.5. The molecule has 0 saturated carbocycles. The average Bonchev–Trinajstić information content (AvgIpc) is 2.80. The number of hydrogen-bond donors (Lipinski definition) is 3. The lowest BCUT2D eigenvalue weighted by Gasteiger charge is -2.32. The molecule has 0 spiro atoms. The molecule has 0 aromatic heterocycles. The van der Waals surface area contributed by atoms with Gasteiger partial charge in [-0.2, -0.15) is 0 Å². The molecule has 2 rings (SSSR count). The number of alkyl halides is 1. The van der Waals surface area contributed by atoms with E-state index < -0.39 is 24.7 Å². The molecule has 1 aromatic rings. The highest BCUT2D eigenvalue weighted by molar-refractivity contribution is 5.92. The molecule has 0 bridgehead atoms. The van der Waals surface area contributed by atoms with Gasteiger partial charge in [0.15, 0.2) is 0 Å². The van der Waals surface area contributed by atoms with Crippen molar-refractivity contribution in [2.24, 2.45) is 5.92 Å². The summed E-state index contributed by atoms with van der Waals surface area (Å²) in [6.07, 6.45) is 2.16. The number of benzene rings is 1. The highest BCUT2D eigenvalue weighted by Gasteiger charge is 2.33. The number of amides is 3. The lowest BCUT2D eigenvalue weighted by molar-refractivity contribution is -0.142. The first-order chi connectivity index (χ1) is 15.4. The summed E-state index contributed by atoms with van der Waals surface area (Å²) in [6, 6.07) is 5.84. The van der Waals surface area contributed by atoms with E-state index in [9.17, 15) is 18.8 Å². The van der Waals surface area contributed by atoms with Crippen molar-refractivity contribution in [3.63, 3.8) is 0 Å². The fourth-order valence-corrected chi connectivity index (χ4v) is 3.57. The van der Waals surface area contributed by atoms with Crippen LogP contribution in [-0.4, -0.2) is 74.7 Å². The first-order valence-electron chi connectivity index (χ1n) is 11.2. The predicted molar refractivity (Wildman–Crippen MR) is 120 cm³/mol. The van der Waals surface area contributed by atoms with E-state index in [2.05, 4.69) is 16.0 Å². The maximum Gasteiger partial charge on any atom is 0.245 e. The highest BCUT2D eigenvalue weighted by atomic mass is 19.1. The topological polar surface area (TPSA) is 99.8 Å². The molecule has 1 heterocycles. The number of rotatable bonds is 3. The minimum absolute atomic E-state index is 0.0306.